The van der Waals surface area contributed by atoms with Gasteiger partial charge in [-0.1, -0.05) is 6.92 Å². The molecule has 1 aromatic rings. The fourth-order valence-electron chi connectivity index (χ4n) is 2.41. The molecule has 0 radical (unpaired) electrons. The van der Waals surface area contributed by atoms with Crippen LogP contribution in [0.25, 0.3) is 0 Å². The molecule has 2 rings (SSSR count). The molecule has 3 N–H and O–H groups in total. The van der Waals surface area contributed by atoms with Gasteiger partial charge < -0.3 is 10.1 Å². The number of aryl methyl sites for hydroxylation is 1. The normalized spacial score (nSPS) is 18.8. The lowest BCUT2D eigenvalue weighted by Crippen LogP contribution is -2.49. The van der Waals surface area contributed by atoms with Crippen LogP contribution in [0, 0.1) is 6.92 Å². The molecule has 0 atom stereocenters. The van der Waals surface area contributed by atoms with Gasteiger partial charge in [0, 0.05) is 36.6 Å². The van der Waals surface area contributed by atoms with E-state index in [-0.39, 0.29) is 5.03 Å². The lowest BCUT2D eigenvalue weighted by Gasteiger charge is -2.33. The van der Waals surface area contributed by atoms with Crippen LogP contribution in [0.1, 0.15) is 37.9 Å². The molecule has 0 amide bonds. The second kappa shape index (κ2) is 6.43. The van der Waals surface area contributed by atoms with Gasteiger partial charge in [-0.25, -0.2) is 13.1 Å². The van der Waals surface area contributed by atoms with Gasteiger partial charge in [0.15, 0.2) is 5.03 Å². The van der Waals surface area contributed by atoms with E-state index in [0.29, 0.717) is 38.2 Å². The van der Waals surface area contributed by atoms with Crippen LogP contribution in [0.3, 0.4) is 0 Å². The summed E-state index contributed by atoms with van der Waals surface area (Å²) in [6, 6.07) is 0. The van der Waals surface area contributed by atoms with Crippen LogP contribution in [-0.2, 0) is 21.3 Å². The van der Waals surface area contributed by atoms with Crippen LogP contribution in [0.5, 0.6) is 0 Å². The van der Waals surface area contributed by atoms with Crippen LogP contribution < -0.4 is 10.0 Å². The third-order valence-electron chi connectivity index (χ3n) is 3.82. The number of hydrogen-bond acceptors (Lipinski definition) is 5. The Hall–Kier alpha value is -0.960. The molecule has 0 aliphatic carbocycles. The average molecular weight is 316 g/mol. The Bertz CT molecular complexity index is 576. The van der Waals surface area contributed by atoms with Crippen LogP contribution in [0.15, 0.2) is 5.03 Å². The summed E-state index contributed by atoms with van der Waals surface area (Å²) in [7, 11) is -3.65. The lowest BCUT2D eigenvalue weighted by molar-refractivity contribution is 0.0537. The summed E-state index contributed by atoms with van der Waals surface area (Å²) in [5, 5.41) is 9.99. The predicted molar refractivity (Wildman–Crippen MR) is 79.5 cm³/mol. The van der Waals surface area contributed by atoms with Crippen LogP contribution >= 0.6 is 0 Å². The van der Waals surface area contributed by atoms with E-state index >= 15 is 0 Å². The quantitative estimate of drug-likeness (QED) is 0.717. The molecule has 0 spiro atoms. The highest BCUT2D eigenvalue weighted by Gasteiger charge is 2.35. The van der Waals surface area contributed by atoms with E-state index in [1.54, 1.807) is 0 Å². The molecule has 1 fully saturated rings. The molecule has 2 heterocycles. The van der Waals surface area contributed by atoms with Crippen molar-refractivity contribution >= 4 is 10.0 Å². The Kier molecular flexibility index (Phi) is 5.03. The maximum Gasteiger partial charge on any atom is 0.260 e. The van der Waals surface area contributed by atoms with E-state index in [2.05, 4.69) is 20.2 Å². The number of nitrogens with one attached hydrogen (secondary N) is 3. The number of sulfonamides is 1. The molecule has 1 saturated heterocycles. The van der Waals surface area contributed by atoms with Gasteiger partial charge in [-0.15, -0.1) is 0 Å². The predicted octanol–water partition coefficient (Wildman–Crippen LogP) is 0.675. The summed E-state index contributed by atoms with van der Waals surface area (Å²) in [4.78, 5) is 0. The summed E-state index contributed by atoms with van der Waals surface area (Å²) in [6.45, 7) is 8.11. The number of rotatable bonds is 6. The van der Waals surface area contributed by atoms with Crippen molar-refractivity contribution in [2.75, 3.05) is 19.8 Å². The highest BCUT2D eigenvalue weighted by molar-refractivity contribution is 7.89. The van der Waals surface area contributed by atoms with Crippen molar-refractivity contribution in [3.63, 3.8) is 0 Å². The molecule has 7 nitrogen and oxygen atoms in total. The van der Waals surface area contributed by atoms with Gasteiger partial charge >= 0.3 is 0 Å². The minimum Gasteiger partial charge on any atom is -0.381 e. The smallest absolute Gasteiger partial charge is 0.260 e. The Labute approximate surface area is 125 Å². The molecular formula is C13H24N4O3S. The Morgan fingerprint density at radius 1 is 1.38 bits per heavy atom. The van der Waals surface area contributed by atoms with Crippen molar-refractivity contribution in [2.45, 2.75) is 50.7 Å². The zero-order valence-corrected chi connectivity index (χ0v) is 13.6. The monoisotopic (exact) mass is 316 g/mol. The number of aromatic amines is 1. The van der Waals surface area contributed by atoms with Crippen molar-refractivity contribution < 1.29 is 13.2 Å². The van der Waals surface area contributed by atoms with Gasteiger partial charge in [0.25, 0.3) is 10.0 Å². The van der Waals surface area contributed by atoms with Crippen LogP contribution in [-0.4, -0.2) is 43.9 Å². The number of ether oxygens (including phenoxy) is 1. The average Bonchev–Trinajstić information content (AvgIpc) is 2.78. The molecular weight excluding hydrogens is 292 g/mol. The Morgan fingerprint density at radius 3 is 2.67 bits per heavy atom. The summed E-state index contributed by atoms with van der Waals surface area (Å²) < 4.78 is 33.4. The molecule has 1 aromatic heterocycles. The van der Waals surface area contributed by atoms with E-state index in [1.165, 1.54) is 0 Å². The lowest BCUT2D eigenvalue weighted by atomic mass is 9.94. The van der Waals surface area contributed by atoms with Gasteiger partial charge in [-0.05, 0) is 33.2 Å². The van der Waals surface area contributed by atoms with Crippen molar-refractivity contribution in [3.05, 3.63) is 11.3 Å². The first-order chi connectivity index (χ1) is 9.88. The Balaban J connectivity index is 2.23. The summed E-state index contributed by atoms with van der Waals surface area (Å²) in [6.07, 6.45) is 1.33. The summed E-state index contributed by atoms with van der Waals surface area (Å²) in [5.41, 5.74) is 0.993. The molecule has 0 bridgehead atoms. The van der Waals surface area contributed by atoms with Crippen molar-refractivity contribution in [2.24, 2.45) is 0 Å². The van der Waals surface area contributed by atoms with Crippen LogP contribution in [0.4, 0.5) is 0 Å². The number of H-pyrrole nitrogens is 1. The minimum absolute atomic E-state index is 0.0914. The van der Waals surface area contributed by atoms with E-state index in [4.69, 9.17) is 4.74 Å². The third kappa shape index (κ3) is 3.82. The zero-order valence-electron chi connectivity index (χ0n) is 12.8. The number of nitrogens with zero attached hydrogens (tertiary/aromatic N) is 1. The van der Waals surface area contributed by atoms with Crippen molar-refractivity contribution in [3.8, 4) is 0 Å². The maximum atomic E-state index is 12.6. The van der Waals surface area contributed by atoms with Gasteiger partial charge in [0.05, 0.1) is 0 Å². The summed E-state index contributed by atoms with van der Waals surface area (Å²) >= 11 is 0. The minimum atomic E-state index is -3.65. The maximum absolute atomic E-state index is 12.6. The fraction of sp³-hybridized carbons (Fsp3) is 0.769. The van der Waals surface area contributed by atoms with Gasteiger partial charge in [0.2, 0.25) is 0 Å². The molecule has 21 heavy (non-hydrogen) atoms. The third-order valence-corrected chi connectivity index (χ3v) is 5.43. The highest BCUT2D eigenvalue weighted by Crippen LogP contribution is 2.24. The van der Waals surface area contributed by atoms with Gasteiger partial charge in [-0.3, -0.25) is 5.10 Å². The van der Waals surface area contributed by atoms with Gasteiger partial charge in [0.1, 0.15) is 0 Å². The summed E-state index contributed by atoms with van der Waals surface area (Å²) in [5.74, 6) is 0. The van der Waals surface area contributed by atoms with E-state index in [1.807, 2.05) is 20.8 Å². The SMILES string of the molecule is CCNCc1c(S(=O)(=O)NC2(C)CCOCC2)n[nH]c1C. The molecule has 8 heteroatoms. The van der Waals surface area contributed by atoms with E-state index in [9.17, 15) is 8.42 Å². The first kappa shape index (κ1) is 16.4. The Morgan fingerprint density at radius 2 is 2.05 bits per heavy atom. The number of hydrogen-bond donors (Lipinski definition) is 3. The van der Waals surface area contributed by atoms with Crippen molar-refractivity contribution in [1.29, 1.82) is 0 Å². The number of aromatic nitrogens is 2. The largest absolute Gasteiger partial charge is 0.381 e. The second-order valence-electron chi connectivity index (χ2n) is 5.69. The second-order valence-corrected chi connectivity index (χ2v) is 7.29. The fourth-order valence-corrected chi connectivity index (χ4v) is 4.07. The van der Waals surface area contributed by atoms with Crippen LogP contribution in [0.2, 0.25) is 0 Å². The molecule has 1 aliphatic rings. The first-order valence-corrected chi connectivity index (χ1v) is 8.72. The zero-order chi connectivity index (χ0) is 15.5. The highest BCUT2D eigenvalue weighted by atomic mass is 32.2. The topological polar surface area (TPSA) is 96.1 Å². The molecule has 1 aliphatic heterocycles. The van der Waals surface area contributed by atoms with E-state index in [0.717, 1.165) is 12.2 Å². The molecule has 120 valence electrons. The molecule has 0 saturated carbocycles. The van der Waals surface area contributed by atoms with Crippen molar-refractivity contribution in [1.82, 2.24) is 20.2 Å². The van der Waals surface area contributed by atoms with E-state index < -0.39 is 15.6 Å². The molecule has 0 unspecified atom stereocenters. The molecule has 0 aromatic carbocycles. The standard InChI is InChI=1S/C13H24N4O3S/c1-4-14-9-11-10(2)15-16-12(11)21(18,19)17-13(3)5-7-20-8-6-13/h14,17H,4-9H2,1-3H3,(H,15,16). The first-order valence-electron chi connectivity index (χ1n) is 7.24. The van der Waals surface area contributed by atoms with Gasteiger partial charge in [-0.2, -0.15) is 5.10 Å².